The van der Waals surface area contributed by atoms with Crippen LogP contribution < -0.4 is 10.9 Å². The molecule has 0 atom stereocenters. The summed E-state index contributed by atoms with van der Waals surface area (Å²) < 4.78 is 0. The Bertz CT molecular complexity index is 973. The lowest BCUT2D eigenvalue weighted by molar-refractivity contribution is 0.0949. The summed E-state index contributed by atoms with van der Waals surface area (Å²) in [6.07, 6.45) is 4.50. The number of rotatable bonds is 4. The van der Waals surface area contributed by atoms with Gasteiger partial charge < -0.3 is 10.3 Å². The van der Waals surface area contributed by atoms with Gasteiger partial charge in [0.15, 0.2) is 0 Å². The van der Waals surface area contributed by atoms with Crippen molar-refractivity contribution < 1.29 is 4.79 Å². The maximum Gasteiger partial charge on any atom is 0.261 e. The smallest absolute Gasteiger partial charge is 0.261 e. The van der Waals surface area contributed by atoms with Crippen LogP contribution in [0.4, 0.5) is 0 Å². The van der Waals surface area contributed by atoms with Gasteiger partial charge in [0.25, 0.3) is 11.5 Å². The number of pyridine rings is 1. The molecule has 1 aliphatic rings. The fraction of sp³-hybridized carbons (Fsp3) is 0.211. The van der Waals surface area contributed by atoms with Gasteiger partial charge in [-0.2, -0.15) is 5.10 Å². The van der Waals surface area contributed by atoms with E-state index >= 15 is 0 Å². The largest absolute Gasteiger partial charge is 0.348 e. The van der Waals surface area contributed by atoms with Crippen molar-refractivity contribution in [3.8, 4) is 11.3 Å². The van der Waals surface area contributed by atoms with Crippen molar-refractivity contribution in [3.63, 3.8) is 0 Å². The monoisotopic (exact) mass is 334 g/mol. The van der Waals surface area contributed by atoms with E-state index in [9.17, 15) is 9.59 Å². The molecule has 0 saturated heterocycles. The van der Waals surface area contributed by atoms with Gasteiger partial charge in [-0.15, -0.1) is 0 Å². The number of carbonyl (C=O) groups is 1. The number of aromatic nitrogens is 3. The molecule has 3 aromatic rings. The van der Waals surface area contributed by atoms with Crippen LogP contribution in [0.3, 0.4) is 0 Å². The zero-order valence-corrected chi connectivity index (χ0v) is 13.6. The second-order valence-corrected chi connectivity index (χ2v) is 6.19. The lowest BCUT2D eigenvalue weighted by Gasteiger charge is -2.07. The van der Waals surface area contributed by atoms with E-state index in [4.69, 9.17) is 0 Å². The first-order valence-electron chi connectivity index (χ1n) is 8.33. The molecular weight excluding hydrogens is 316 g/mol. The summed E-state index contributed by atoms with van der Waals surface area (Å²) in [6, 6.07) is 11.5. The molecule has 0 spiro atoms. The van der Waals surface area contributed by atoms with Crippen LogP contribution in [0.25, 0.3) is 11.3 Å². The third-order valence-electron chi connectivity index (χ3n) is 4.55. The van der Waals surface area contributed by atoms with Crippen molar-refractivity contribution in [3.05, 3.63) is 75.3 Å². The van der Waals surface area contributed by atoms with Crippen LogP contribution in [-0.4, -0.2) is 21.1 Å². The maximum absolute atomic E-state index is 12.4. The second-order valence-electron chi connectivity index (χ2n) is 6.19. The summed E-state index contributed by atoms with van der Waals surface area (Å²) in [5.74, 6) is -0.365. The Hall–Kier alpha value is -3.15. The van der Waals surface area contributed by atoms with Gasteiger partial charge in [-0.05, 0) is 36.5 Å². The van der Waals surface area contributed by atoms with Crippen LogP contribution in [0.2, 0.25) is 0 Å². The summed E-state index contributed by atoms with van der Waals surface area (Å²) in [5.41, 5.74) is 4.61. The number of nitrogens with one attached hydrogen (secondary N) is 3. The molecule has 3 N–H and O–H groups in total. The number of amides is 1. The third-order valence-corrected chi connectivity index (χ3v) is 4.55. The highest BCUT2D eigenvalue weighted by atomic mass is 16.2. The van der Waals surface area contributed by atoms with E-state index in [0.29, 0.717) is 6.54 Å². The maximum atomic E-state index is 12.4. The minimum Gasteiger partial charge on any atom is -0.348 e. The molecule has 0 bridgehead atoms. The molecule has 4 rings (SSSR count). The number of fused-ring (bicyclic) bond motifs is 1. The van der Waals surface area contributed by atoms with Crippen LogP contribution in [-0.2, 0) is 19.4 Å². The van der Waals surface area contributed by atoms with Gasteiger partial charge in [-0.25, -0.2) is 0 Å². The number of aromatic amines is 2. The predicted molar refractivity (Wildman–Crippen MR) is 94.3 cm³/mol. The molecule has 25 heavy (non-hydrogen) atoms. The molecule has 0 aliphatic heterocycles. The van der Waals surface area contributed by atoms with E-state index in [1.54, 1.807) is 12.3 Å². The van der Waals surface area contributed by atoms with E-state index in [0.717, 1.165) is 47.3 Å². The van der Waals surface area contributed by atoms with Gasteiger partial charge in [0.2, 0.25) is 0 Å². The van der Waals surface area contributed by atoms with Crippen molar-refractivity contribution in [2.75, 3.05) is 0 Å². The zero-order valence-electron chi connectivity index (χ0n) is 13.6. The topological polar surface area (TPSA) is 90.6 Å². The fourth-order valence-corrected chi connectivity index (χ4v) is 3.25. The summed E-state index contributed by atoms with van der Waals surface area (Å²) in [7, 11) is 0. The van der Waals surface area contributed by atoms with Gasteiger partial charge in [-0.1, -0.05) is 30.3 Å². The first kappa shape index (κ1) is 15.4. The van der Waals surface area contributed by atoms with Crippen LogP contribution in [0, 0.1) is 0 Å². The first-order chi connectivity index (χ1) is 12.2. The van der Waals surface area contributed by atoms with Crippen LogP contribution in [0.15, 0.2) is 47.4 Å². The van der Waals surface area contributed by atoms with E-state index in [2.05, 4.69) is 20.5 Å². The van der Waals surface area contributed by atoms with Gasteiger partial charge in [0.05, 0.1) is 11.9 Å². The molecule has 1 aliphatic carbocycles. The zero-order chi connectivity index (χ0) is 17.2. The Balaban J connectivity index is 1.52. The fourth-order valence-electron chi connectivity index (χ4n) is 3.25. The van der Waals surface area contributed by atoms with Crippen molar-refractivity contribution in [1.29, 1.82) is 0 Å². The summed E-state index contributed by atoms with van der Waals surface area (Å²) in [4.78, 5) is 27.4. The molecule has 2 heterocycles. The second kappa shape index (κ2) is 6.39. The molecular formula is C19H18N4O2. The molecule has 6 nitrogen and oxygen atoms in total. The Morgan fingerprint density at radius 3 is 2.88 bits per heavy atom. The Morgan fingerprint density at radius 2 is 2.04 bits per heavy atom. The van der Waals surface area contributed by atoms with Crippen molar-refractivity contribution in [2.45, 2.75) is 25.8 Å². The number of H-pyrrole nitrogens is 2. The third kappa shape index (κ3) is 2.98. The minimum absolute atomic E-state index is 0.172. The molecule has 6 heteroatoms. The Kier molecular flexibility index (Phi) is 3.93. The molecule has 0 fully saturated rings. The molecule has 1 aromatic carbocycles. The van der Waals surface area contributed by atoms with Crippen molar-refractivity contribution >= 4 is 5.91 Å². The summed E-state index contributed by atoms with van der Waals surface area (Å²) in [5, 5.41) is 9.86. The molecule has 0 radical (unpaired) electrons. The van der Waals surface area contributed by atoms with E-state index in [-0.39, 0.29) is 17.0 Å². The number of nitrogens with zero attached hydrogens (tertiary/aromatic N) is 1. The van der Waals surface area contributed by atoms with Crippen molar-refractivity contribution in [2.24, 2.45) is 0 Å². The normalized spacial score (nSPS) is 12.8. The predicted octanol–water partition coefficient (Wildman–Crippen LogP) is 2.18. The summed E-state index contributed by atoms with van der Waals surface area (Å²) in [6.45, 7) is 0.302. The lowest BCUT2D eigenvalue weighted by atomic mass is 10.1. The number of carbonyl (C=O) groups excluding carboxylic acids is 1. The van der Waals surface area contributed by atoms with Gasteiger partial charge >= 0.3 is 0 Å². The van der Waals surface area contributed by atoms with Crippen molar-refractivity contribution in [1.82, 2.24) is 20.5 Å². The standard InChI is InChI=1S/C19H18N4O2/c24-18(15-9-13-7-4-8-16(13)22-19(15)25)20-10-14-11-21-23-17(14)12-5-2-1-3-6-12/h1-3,5-6,9,11H,4,7-8,10H2,(H,20,24)(H,21,23)(H,22,25). The molecule has 0 saturated carbocycles. The van der Waals surface area contributed by atoms with E-state index in [1.165, 1.54) is 0 Å². The average Bonchev–Trinajstić information content (AvgIpc) is 3.28. The summed E-state index contributed by atoms with van der Waals surface area (Å²) >= 11 is 0. The van der Waals surface area contributed by atoms with Crippen LogP contribution in [0.1, 0.15) is 33.6 Å². The highest BCUT2D eigenvalue weighted by Crippen LogP contribution is 2.21. The number of benzene rings is 1. The Labute approximate surface area is 144 Å². The molecule has 0 unspecified atom stereocenters. The molecule has 126 valence electrons. The SMILES string of the molecule is O=C(NCc1cn[nH]c1-c1ccccc1)c1cc2c([nH]c1=O)CCC2. The van der Waals surface area contributed by atoms with Crippen LogP contribution >= 0.6 is 0 Å². The number of aryl methyl sites for hydroxylation is 2. The van der Waals surface area contributed by atoms with E-state index in [1.807, 2.05) is 30.3 Å². The average molecular weight is 334 g/mol. The lowest BCUT2D eigenvalue weighted by Crippen LogP contribution is -2.30. The van der Waals surface area contributed by atoms with Gasteiger partial charge in [0.1, 0.15) is 5.56 Å². The number of hydrogen-bond donors (Lipinski definition) is 3. The van der Waals surface area contributed by atoms with E-state index < -0.39 is 0 Å². The quantitative estimate of drug-likeness (QED) is 0.683. The molecule has 2 aromatic heterocycles. The van der Waals surface area contributed by atoms with Gasteiger partial charge in [0, 0.05) is 17.8 Å². The highest BCUT2D eigenvalue weighted by molar-refractivity contribution is 5.94. The molecule has 1 amide bonds. The first-order valence-corrected chi connectivity index (χ1v) is 8.33. The van der Waals surface area contributed by atoms with Crippen LogP contribution in [0.5, 0.6) is 0 Å². The highest BCUT2D eigenvalue weighted by Gasteiger charge is 2.18. The minimum atomic E-state index is -0.365. The Morgan fingerprint density at radius 1 is 1.20 bits per heavy atom. The number of hydrogen-bond acceptors (Lipinski definition) is 3. The van der Waals surface area contributed by atoms with Gasteiger partial charge in [-0.3, -0.25) is 14.7 Å².